The number of nitrogens with one attached hydrogen (secondary N) is 1. The molecule has 94 valence electrons. The van der Waals surface area contributed by atoms with Gasteiger partial charge in [0.05, 0.1) is 0 Å². The van der Waals surface area contributed by atoms with E-state index in [1.807, 2.05) is 13.0 Å². The van der Waals surface area contributed by atoms with Gasteiger partial charge in [0.2, 0.25) is 0 Å². The van der Waals surface area contributed by atoms with E-state index >= 15 is 0 Å². The van der Waals surface area contributed by atoms with Crippen LogP contribution in [0, 0.1) is 12.8 Å². The molecule has 0 saturated carbocycles. The van der Waals surface area contributed by atoms with E-state index in [4.69, 9.17) is 5.73 Å². The number of hydrogen-bond acceptors (Lipinski definition) is 2. The fraction of sp³-hybridized carbons (Fsp3) is 0.500. The highest BCUT2D eigenvalue weighted by Crippen LogP contribution is 2.13. The molecule has 1 unspecified atom stereocenters. The van der Waals surface area contributed by atoms with Crippen LogP contribution in [0.15, 0.2) is 18.2 Å². The average Bonchev–Trinajstić information content (AvgIpc) is 2.28. The number of hydrogen-bond donors (Lipinski definition) is 2. The summed E-state index contributed by atoms with van der Waals surface area (Å²) in [5.74, 6) is 0.424. The van der Waals surface area contributed by atoms with Crippen molar-refractivity contribution in [2.45, 2.75) is 40.2 Å². The van der Waals surface area contributed by atoms with Gasteiger partial charge in [-0.25, -0.2) is 0 Å². The summed E-state index contributed by atoms with van der Waals surface area (Å²) in [5, 5.41) is 3.05. The predicted octanol–water partition coefficient (Wildman–Crippen LogP) is 2.74. The van der Waals surface area contributed by atoms with Gasteiger partial charge < -0.3 is 11.1 Å². The largest absolute Gasteiger partial charge is 0.399 e. The van der Waals surface area contributed by atoms with Gasteiger partial charge in [0.15, 0.2) is 0 Å². The molecule has 0 saturated heterocycles. The van der Waals surface area contributed by atoms with Crippen molar-refractivity contribution in [2.75, 3.05) is 5.73 Å². The zero-order valence-corrected chi connectivity index (χ0v) is 11.1. The third-order valence-corrected chi connectivity index (χ3v) is 3.09. The van der Waals surface area contributed by atoms with Crippen LogP contribution in [0.2, 0.25) is 0 Å². The van der Waals surface area contributed by atoms with Gasteiger partial charge in [-0.15, -0.1) is 0 Å². The monoisotopic (exact) mass is 234 g/mol. The number of nitrogen functional groups attached to an aromatic ring is 1. The van der Waals surface area contributed by atoms with Crippen molar-refractivity contribution in [1.82, 2.24) is 5.32 Å². The van der Waals surface area contributed by atoms with E-state index in [-0.39, 0.29) is 11.9 Å². The molecular formula is C14H22N2O. The number of aryl methyl sites for hydroxylation is 1. The second kappa shape index (κ2) is 5.71. The third-order valence-electron chi connectivity index (χ3n) is 3.09. The average molecular weight is 234 g/mol. The summed E-state index contributed by atoms with van der Waals surface area (Å²) in [7, 11) is 0. The smallest absolute Gasteiger partial charge is 0.251 e. The number of benzene rings is 1. The maximum Gasteiger partial charge on any atom is 0.251 e. The molecule has 1 aromatic carbocycles. The van der Waals surface area contributed by atoms with Gasteiger partial charge in [-0.2, -0.15) is 0 Å². The predicted molar refractivity (Wildman–Crippen MR) is 72.0 cm³/mol. The Hall–Kier alpha value is -1.51. The molecular weight excluding hydrogens is 212 g/mol. The van der Waals surface area contributed by atoms with Crippen LogP contribution in [0.1, 0.15) is 43.1 Å². The molecule has 0 aromatic heterocycles. The van der Waals surface area contributed by atoms with E-state index < -0.39 is 0 Å². The number of amides is 1. The molecule has 0 aliphatic rings. The van der Waals surface area contributed by atoms with E-state index in [1.54, 1.807) is 12.1 Å². The molecule has 17 heavy (non-hydrogen) atoms. The Kier molecular flexibility index (Phi) is 4.55. The van der Waals surface area contributed by atoms with E-state index in [0.29, 0.717) is 11.5 Å². The van der Waals surface area contributed by atoms with Crippen LogP contribution in [0.5, 0.6) is 0 Å². The van der Waals surface area contributed by atoms with Crippen LogP contribution in [0.3, 0.4) is 0 Å². The van der Waals surface area contributed by atoms with E-state index in [2.05, 4.69) is 26.1 Å². The first-order valence-electron chi connectivity index (χ1n) is 6.12. The summed E-state index contributed by atoms with van der Waals surface area (Å²) in [5.41, 5.74) is 8.07. The number of carbonyl (C=O) groups excluding carboxylic acids is 1. The molecule has 1 amide bonds. The normalized spacial score (nSPS) is 12.5. The third kappa shape index (κ3) is 3.48. The molecule has 1 rings (SSSR count). The number of carbonyl (C=O) groups is 1. The Morgan fingerprint density at radius 1 is 1.41 bits per heavy atom. The lowest BCUT2D eigenvalue weighted by Gasteiger charge is -2.20. The maximum atomic E-state index is 12.0. The quantitative estimate of drug-likeness (QED) is 0.787. The van der Waals surface area contributed by atoms with Gasteiger partial charge >= 0.3 is 0 Å². The number of nitrogens with two attached hydrogens (primary N) is 1. The molecule has 1 aromatic rings. The minimum atomic E-state index is -0.0198. The Balaban J connectivity index is 2.79. The second-order valence-electron chi connectivity index (χ2n) is 4.80. The van der Waals surface area contributed by atoms with Crippen molar-refractivity contribution in [2.24, 2.45) is 5.92 Å². The Labute approximate surface area is 103 Å². The molecule has 3 heteroatoms. The van der Waals surface area contributed by atoms with Gasteiger partial charge in [0.25, 0.3) is 5.91 Å². The standard InChI is InChI=1S/C14H22N2O/c1-5-13(9(2)3)16-14(17)11-6-7-12(15)10(4)8-11/h6-9,13H,5,15H2,1-4H3,(H,16,17). The summed E-state index contributed by atoms with van der Waals surface area (Å²) in [4.78, 5) is 12.0. The highest BCUT2D eigenvalue weighted by molar-refractivity contribution is 5.95. The highest BCUT2D eigenvalue weighted by atomic mass is 16.1. The van der Waals surface area contributed by atoms with Crippen molar-refractivity contribution in [3.8, 4) is 0 Å². The Morgan fingerprint density at radius 2 is 2.06 bits per heavy atom. The minimum absolute atomic E-state index is 0.0198. The lowest BCUT2D eigenvalue weighted by molar-refractivity contribution is 0.0924. The van der Waals surface area contributed by atoms with Crippen molar-refractivity contribution < 1.29 is 4.79 Å². The highest BCUT2D eigenvalue weighted by Gasteiger charge is 2.15. The van der Waals surface area contributed by atoms with Crippen LogP contribution in [0.25, 0.3) is 0 Å². The minimum Gasteiger partial charge on any atom is -0.399 e. The lowest BCUT2D eigenvalue weighted by atomic mass is 10.0. The van der Waals surface area contributed by atoms with Crippen LogP contribution < -0.4 is 11.1 Å². The summed E-state index contributed by atoms with van der Waals surface area (Å²) < 4.78 is 0. The van der Waals surface area contributed by atoms with Crippen LogP contribution in [-0.4, -0.2) is 11.9 Å². The van der Waals surface area contributed by atoms with Crippen molar-refractivity contribution in [3.05, 3.63) is 29.3 Å². The molecule has 3 N–H and O–H groups in total. The fourth-order valence-electron chi connectivity index (χ4n) is 1.81. The molecule has 0 heterocycles. The molecule has 0 radical (unpaired) electrons. The van der Waals surface area contributed by atoms with Crippen LogP contribution in [0.4, 0.5) is 5.69 Å². The van der Waals surface area contributed by atoms with Gasteiger partial charge in [-0.1, -0.05) is 20.8 Å². The van der Waals surface area contributed by atoms with Crippen molar-refractivity contribution in [3.63, 3.8) is 0 Å². The van der Waals surface area contributed by atoms with Crippen molar-refractivity contribution in [1.29, 1.82) is 0 Å². The first-order chi connectivity index (χ1) is 7.95. The molecule has 0 fully saturated rings. The molecule has 0 aliphatic heterocycles. The maximum absolute atomic E-state index is 12.0. The first kappa shape index (κ1) is 13.6. The molecule has 1 atom stereocenters. The lowest BCUT2D eigenvalue weighted by Crippen LogP contribution is -2.38. The first-order valence-corrected chi connectivity index (χ1v) is 6.12. The molecule has 3 nitrogen and oxygen atoms in total. The zero-order valence-electron chi connectivity index (χ0n) is 11.1. The molecule has 0 spiro atoms. The molecule has 0 bridgehead atoms. The second-order valence-corrected chi connectivity index (χ2v) is 4.80. The summed E-state index contributed by atoms with van der Waals surface area (Å²) in [6.07, 6.45) is 0.942. The van der Waals surface area contributed by atoms with Gasteiger partial charge in [-0.05, 0) is 43.0 Å². The number of anilines is 1. The topological polar surface area (TPSA) is 55.1 Å². The van der Waals surface area contributed by atoms with Gasteiger partial charge in [-0.3, -0.25) is 4.79 Å². The van der Waals surface area contributed by atoms with Gasteiger partial charge in [0.1, 0.15) is 0 Å². The van der Waals surface area contributed by atoms with Crippen molar-refractivity contribution >= 4 is 11.6 Å². The van der Waals surface area contributed by atoms with E-state index in [9.17, 15) is 4.79 Å². The Bertz CT molecular complexity index is 399. The summed E-state index contributed by atoms with van der Waals surface area (Å²) in [6.45, 7) is 8.22. The zero-order chi connectivity index (χ0) is 13.0. The van der Waals surface area contributed by atoms with Crippen LogP contribution >= 0.6 is 0 Å². The number of rotatable bonds is 4. The fourth-order valence-corrected chi connectivity index (χ4v) is 1.81. The van der Waals surface area contributed by atoms with E-state index in [0.717, 1.165) is 17.7 Å². The summed E-state index contributed by atoms with van der Waals surface area (Å²) >= 11 is 0. The Morgan fingerprint density at radius 3 is 2.53 bits per heavy atom. The van der Waals surface area contributed by atoms with Gasteiger partial charge in [0, 0.05) is 17.3 Å². The summed E-state index contributed by atoms with van der Waals surface area (Å²) in [6, 6.07) is 5.60. The molecule has 0 aliphatic carbocycles. The SMILES string of the molecule is CCC(NC(=O)c1ccc(N)c(C)c1)C(C)C. The van der Waals surface area contributed by atoms with Crippen LogP contribution in [-0.2, 0) is 0 Å². The van der Waals surface area contributed by atoms with E-state index in [1.165, 1.54) is 0 Å².